The Kier molecular flexibility index (Phi) is 4.77. The molecule has 0 aromatic heterocycles. The second-order valence-corrected chi connectivity index (χ2v) is 6.60. The van der Waals surface area contributed by atoms with Crippen molar-refractivity contribution in [2.75, 3.05) is 13.7 Å². The summed E-state index contributed by atoms with van der Waals surface area (Å²) in [5.41, 5.74) is 1.01. The molecule has 4 rings (SSSR count). The van der Waals surface area contributed by atoms with Crippen LogP contribution < -0.4 is 18.9 Å². The van der Waals surface area contributed by atoms with Gasteiger partial charge < -0.3 is 18.9 Å². The van der Waals surface area contributed by atoms with Crippen LogP contribution in [0, 0.1) is 5.92 Å². The van der Waals surface area contributed by atoms with Crippen LogP contribution in [0.15, 0.2) is 42.2 Å². The van der Waals surface area contributed by atoms with Crippen LogP contribution in [0.1, 0.15) is 35.7 Å². The molecule has 0 radical (unpaired) electrons. The SMILES string of the molecule is CCOc1cccc(/C=C2\Oc3cc(OC)ccc3C2=O)c1OC(=O)C1CC1. The highest BCUT2D eigenvalue weighted by molar-refractivity contribution is 6.14. The fourth-order valence-corrected chi connectivity index (χ4v) is 2.96. The van der Waals surface area contributed by atoms with E-state index in [1.54, 1.807) is 49.6 Å². The van der Waals surface area contributed by atoms with Gasteiger partial charge in [0, 0.05) is 11.6 Å². The Morgan fingerprint density at radius 3 is 2.79 bits per heavy atom. The quantitative estimate of drug-likeness (QED) is 0.428. The van der Waals surface area contributed by atoms with E-state index in [0.717, 1.165) is 12.8 Å². The third kappa shape index (κ3) is 3.45. The first-order valence-electron chi connectivity index (χ1n) is 9.20. The number of hydrogen-bond acceptors (Lipinski definition) is 6. The lowest BCUT2D eigenvalue weighted by Gasteiger charge is -2.13. The molecule has 1 aliphatic carbocycles. The summed E-state index contributed by atoms with van der Waals surface area (Å²) in [6, 6.07) is 10.3. The zero-order valence-electron chi connectivity index (χ0n) is 15.7. The minimum absolute atomic E-state index is 0.0590. The van der Waals surface area contributed by atoms with E-state index in [9.17, 15) is 9.59 Å². The van der Waals surface area contributed by atoms with Gasteiger partial charge in [-0.3, -0.25) is 9.59 Å². The van der Waals surface area contributed by atoms with E-state index >= 15 is 0 Å². The predicted octanol–water partition coefficient (Wildman–Crippen LogP) is 4.03. The van der Waals surface area contributed by atoms with Crippen molar-refractivity contribution in [3.63, 3.8) is 0 Å². The number of allylic oxidation sites excluding steroid dienone is 1. The number of methoxy groups -OCH3 is 1. The largest absolute Gasteiger partial charge is 0.497 e. The van der Waals surface area contributed by atoms with Crippen molar-refractivity contribution in [2.24, 2.45) is 5.92 Å². The Balaban J connectivity index is 1.69. The summed E-state index contributed by atoms with van der Waals surface area (Å²) in [7, 11) is 1.55. The molecule has 28 heavy (non-hydrogen) atoms. The predicted molar refractivity (Wildman–Crippen MR) is 102 cm³/mol. The van der Waals surface area contributed by atoms with Crippen LogP contribution in [0.5, 0.6) is 23.0 Å². The first-order valence-corrected chi connectivity index (χ1v) is 9.20. The maximum absolute atomic E-state index is 12.7. The average molecular weight is 380 g/mol. The number of esters is 1. The number of Topliss-reactive ketones (excluding diaryl/α,β-unsaturated/α-hetero) is 1. The van der Waals surface area contributed by atoms with Gasteiger partial charge >= 0.3 is 5.97 Å². The smallest absolute Gasteiger partial charge is 0.314 e. The number of carbonyl (C=O) groups excluding carboxylic acids is 2. The van der Waals surface area contributed by atoms with Gasteiger partial charge in [0.15, 0.2) is 17.3 Å². The number of benzene rings is 2. The highest BCUT2D eigenvalue weighted by Gasteiger charge is 2.33. The van der Waals surface area contributed by atoms with Gasteiger partial charge in [0.1, 0.15) is 11.5 Å². The zero-order valence-corrected chi connectivity index (χ0v) is 15.7. The summed E-state index contributed by atoms with van der Waals surface area (Å²) in [5.74, 6) is 1.38. The highest BCUT2D eigenvalue weighted by Crippen LogP contribution is 2.39. The summed E-state index contributed by atoms with van der Waals surface area (Å²) < 4.78 is 22.1. The van der Waals surface area contributed by atoms with E-state index in [4.69, 9.17) is 18.9 Å². The monoisotopic (exact) mass is 380 g/mol. The minimum Gasteiger partial charge on any atom is -0.497 e. The summed E-state index contributed by atoms with van der Waals surface area (Å²) in [6.45, 7) is 2.28. The summed E-state index contributed by atoms with van der Waals surface area (Å²) >= 11 is 0. The Labute approximate surface area is 162 Å². The maximum Gasteiger partial charge on any atom is 0.314 e. The van der Waals surface area contributed by atoms with Crippen molar-refractivity contribution in [3.05, 3.63) is 53.3 Å². The molecule has 2 aliphatic rings. The van der Waals surface area contributed by atoms with Gasteiger partial charge in [-0.1, -0.05) is 12.1 Å². The van der Waals surface area contributed by atoms with E-state index in [0.29, 0.717) is 40.7 Å². The molecule has 6 heteroatoms. The normalized spacial score (nSPS) is 16.5. The molecular formula is C22H20O6. The molecular weight excluding hydrogens is 360 g/mol. The van der Waals surface area contributed by atoms with Crippen LogP contribution in [0.2, 0.25) is 0 Å². The standard InChI is InChI=1S/C22H20O6/c1-3-26-17-6-4-5-14(21(17)28-22(24)13-7-8-13)11-19-20(23)16-10-9-15(25-2)12-18(16)27-19/h4-6,9-13H,3,7-8H2,1-2H3/b19-11-. The second kappa shape index (κ2) is 7.38. The van der Waals surface area contributed by atoms with Crippen LogP contribution in [-0.2, 0) is 4.79 Å². The van der Waals surface area contributed by atoms with Gasteiger partial charge in [-0.2, -0.15) is 0 Å². The minimum atomic E-state index is -0.279. The molecule has 0 unspecified atom stereocenters. The van der Waals surface area contributed by atoms with E-state index in [1.807, 2.05) is 6.92 Å². The van der Waals surface area contributed by atoms with Crippen molar-refractivity contribution in [1.29, 1.82) is 0 Å². The van der Waals surface area contributed by atoms with Gasteiger partial charge in [0.05, 0.1) is 25.2 Å². The molecule has 0 bridgehead atoms. The van der Waals surface area contributed by atoms with Crippen molar-refractivity contribution < 1.29 is 28.5 Å². The van der Waals surface area contributed by atoms with Crippen LogP contribution in [0.25, 0.3) is 6.08 Å². The third-order valence-corrected chi connectivity index (χ3v) is 4.59. The lowest BCUT2D eigenvalue weighted by atomic mass is 10.1. The number of rotatable bonds is 6. The van der Waals surface area contributed by atoms with Crippen LogP contribution in [-0.4, -0.2) is 25.5 Å². The first-order chi connectivity index (χ1) is 13.6. The van der Waals surface area contributed by atoms with Crippen molar-refractivity contribution >= 4 is 17.8 Å². The van der Waals surface area contributed by atoms with E-state index in [-0.39, 0.29) is 23.4 Å². The molecule has 1 saturated carbocycles. The van der Waals surface area contributed by atoms with Gasteiger partial charge in [-0.25, -0.2) is 0 Å². The number of fused-ring (bicyclic) bond motifs is 1. The van der Waals surface area contributed by atoms with Gasteiger partial charge in [-0.05, 0) is 44.0 Å². The number of carbonyl (C=O) groups is 2. The Morgan fingerprint density at radius 2 is 2.07 bits per heavy atom. The Morgan fingerprint density at radius 1 is 1.25 bits per heavy atom. The molecule has 0 amide bonds. The summed E-state index contributed by atoms with van der Waals surface area (Å²) in [6.07, 6.45) is 3.25. The van der Waals surface area contributed by atoms with Crippen LogP contribution in [0.3, 0.4) is 0 Å². The molecule has 0 spiro atoms. The average Bonchev–Trinajstić information content (AvgIpc) is 3.50. The van der Waals surface area contributed by atoms with Gasteiger partial charge in [0.2, 0.25) is 5.78 Å². The Hall–Kier alpha value is -3.28. The van der Waals surface area contributed by atoms with Gasteiger partial charge in [0.25, 0.3) is 0 Å². The van der Waals surface area contributed by atoms with Crippen LogP contribution >= 0.6 is 0 Å². The van der Waals surface area contributed by atoms with E-state index in [1.165, 1.54) is 0 Å². The molecule has 1 fully saturated rings. The highest BCUT2D eigenvalue weighted by atomic mass is 16.6. The fourth-order valence-electron chi connectivity index (χ4n) is 2.96. The lowest BCUT2D eigenvalue weighted by Crippen LogP contribution is -2.12. The lowest BCUT2D eigenvalue weighted by molar-refractivity contribution is -0.135. The van der Waals surface area contributed by atoms with E-state index in [2.05, 4.69) is 0 Å². The number of hydrogen-bond donors (Lipinski definition) is 0. The Bertz CT molecular complexity index is 971. The molecule has 6 nitrogen and oxygen atoms in total. The zero-order chi connectivity index (χ0) is 19.7. The van der Waals surface area contributed by atoms with Crippen LogP contribution in [0.4, 0.5) is 0 Å². The molecule has 2 aromatic rings. The number of ketones is 1. The number of para-hydroxylation sites is 1. The molecule has 0 N–H and O–H groups in total. The fraction of sp³-hybridized carbons (Fsp3) is 0.273. The molecule has 0 atom stereocenters. The molecule has 1 aliphatic heterocycles. The molecule has 2 aromatic carbocycles. The molecule has 1 heterocycles. The maximum atomic E-state index is 12.7. The third-order valence-electron chi connectivity index (χ3n) is 4.59. The topological polar surface area (TPSA) is 71.1 Å². The molecule has 144 valence electrons. The number of ether oxygens (including phenoxy) is 4. The first kappa shape index (κ1) is 18.1. The summed E-state index contributed by atoms with van der Waals surface area (Å²) in [5, 5.41) is 0. The van der Waals surface area contributed by atoms with Crippen molar-refractivity contribution in [1.82, 2.24) is 0 Å². The summed E-state index contributed by atoms with van der Waals surface area (Å²) in [4.78, 5) is 24.9. The molecule has 0 saturated heterocycles. The van der Waals surface area contributed by atoms with Crippen molar-refractivity contribution in [2.45, 2.75) is 19.8 Å². The van der Waals surface area contributed by atoms with E-state index < -0.39 is 0 Å². The second-order valence-electron chi connectivity index (χ2n) is 6.60. The van der Waals surface area contributed by atoms with Crippen molar-refractivity contribution in [3.8, 4) is 23.0 Å². The van der Waals surface area contributed by atoms with Gasteiger partial charge in [-0.15, -0.1) is 0 Å².